The highest BCUT2D eigenvalue weighted by Crippen LogP contribution is 2.12. The Morgan fingerprint density at radius 3 is 2.56 bits per heavy atom. The van der Waals surface area contributed by atoms with Crippen LogP contribution in [0.2, 0.25) is 0 Å². The number of nitrogens with zero attached hydrogens (tertiary/aromatic N) is 2. The van der Waals surface area contributed by atoms with Crippen LogP contribution in [0.3, 0.4) is 0 Å². The Kier molecular flexibility index (Phi) is 5.38. The van der Waals surface area contributed by atoms with Crippen molar-refractivity contribution < 1.29 is 9.47 Å². The van der Waals surface area contributed by atoms with Gasteiger partial charge in [0.05, 0.1) is 25.4 Å². The average Bonchev–Trinajstić information content (AvgIpc) is 2.39. The van der Waals surface area contributed by atoms with Gasteiger partial charge in [0.1, 0.15) is 0 Å². The van der Waals surface area contributed by atoms with Crippen LogP contribution in [0.5, 0.6) is 0 Å². The number of hydrogen-bond donors (Lipinski definition) is 1. The second-order valence-electron chi connectivity index (χ2n) is 5.57. The zero-order chi connectivity index (χ0) is 13.0. The molecule has 2 heterocycles. The molecule has 0 radical (unpaired) electrons. The average molecular weight is 257 g/mol. The second kappa shape index (κ2) is 6.82. The van der Waals surface area contributed by atoms with Gasteiger partial charge in [-0.3, -0.25) is 9.80 Å². The number of morpholine rings is 2. The molecule has 5 nitrogen and oxygen atoms in total. The summed E-state index contributed by atoms with van der Waals surface area (Å²) in [4.78, 5) is 4.92. The first kappa shape index (κ1) is 14.2. The lowest BCUT2D eigenvalue weighted by molar-refractivity contribution is -0.0771. The number of rotatable bonds is 4. The lowest BCUT2D eigenvalue weighted by atomic mass is 10.2. The zero-order valence-electron chi connectivity index (χ0n) is 11.7. The summed E-state index contributed by atoms with van der Waals surface area (Å²) in [5.74, 6) is 0. The summed E-state index contributed by atoms with van der Waals surface area (Å²) in [6.45, 7) is 11.8. The predicted molar refractivity (Wildman–Crippen MR) is 71.7 cm³/mol. The molecule has 0 aliphatic carbocycles. The highest BCUT2D eigenvalue weighted by atomic mass is 16.5. The van der Waals surface area contributed by atoms with Gasteiger partial charge in [-0.25, -0.2) is 0 Å². The molecule has 5 heteroatoms. The monoisotopic (exact) mass is 257 g/mol. The molecule has 2 unspecified atom stereocenters. The molecule has 0 amide bonds. The molecule has 0 spiro atoms. The van der Waals surface area contributed by atoms with Crippen LogP contribution in [0.1, 0.15) is 13.8 Å². The summed E-state index contributed by atoms with van der Waals surface area (Å²) in [6, 6.07) is 0.609. The van der Waals surface area contributed by atoms with Crippen molar-refractivity contribution in [2.45, 2.75) is 32.1 Å². The lowest BCUT2D eigenvalue weighted by Gasteiger charge is -2.39. The van der Waals surface area contributed by atoms with Crippen LogP contribution in [0.4, 0.5) is 0 Å². The smallest absolute Gasteiger partial charge is 0.0829 e. The summed E-state index contributed by atoms with van der Waals surface area (Å²) < 4.78 is 11.5. The van der Waals surface area contributed by atoms with Crippen LogP contribution in [0, 0.1) is 0 Å². The van der Waals surface area contributed by atoms with E-state index in [9.17, 15) is 0 Å². The van der Waals surface area contributed by atoms with E-state index in [2.05, 4.69) is 23.6 Å². The van der Waals surface area contributed by atoms with Crippen molar-refractivity contribution in [1.29, 1.82) is 0 Å². The maximum absolute atomic E-state index is 5.87. The zero-order valence-corrected chi connectivity index (χ0v) is 11.7. The van der Waals surface area contributed by atoms with Gasteiger partial charge in [0.15, 0.2) is 0 Å². The summed E-state index contributed by atoms with van der Waals surface area (Å²) in [6.07, 6.45) is 0.529. The molecule has 2 saturated heterocycles. The molecule has 0 aromatic heterocycles. The molecule has 106 valence electrons. The van der Waals surface area contributed by atoms with Crippen LogP contribution in [-0.2, 0) is 9.47 Å². The Labute approximate surface area is 110 Å². The van der Waals surface area contributed by atoms with Gasteiger partial charge in [0.2, 0.25) is 0 Å². The lowest BCUT2D eigenvalue weighted by Crippen LogP contribution is -2.53. The Hall–Kier alpha value is -0.200. The molecule has 2 atom stereocenters. The molecular weight excluding hydrogens is 230 g/mol. The third-order valence-corrected chi connectivity index (χ3v) is 3.85. The maximum atomic E-state index is 5.87. The first-order valence-corrected chi connectivity index (χ1v) is 7.08. The maximum Gasteiger partial charge on any atom is 0.0829 e. The Balaban J connectivity index is 1.78. The van der Waals surface area contributed by atoms with E-state index in [0.29, 0.717) is 18.7 Å². The minimum atomic E-state index is 0.198. The molecule has 2 aliphatic heterocycles. The van der Waals surface area contributed by atoms with Crippen LogP contribution in [-0.4, -0.2) is 80.5 Å². The molecule has 2 aliphatic rings. The highest BCUT2D eigenvalue weighted by molar-refractivity contribution is 4.80. The summed E-state index contributed by atoms with van der Waals surface area (Å²) >= 11 is 0. The van der Waals surface area contributed by atoms with E-state index in [-0.39, 0.29) is 6.10 Å². The molecule has 0 aromatic carbocycles. The van der Waals surface area contributed by atoms with Crippen molar-refractivity contribution in [2.75, 3.05) is 52.5 Å². The first-order chi connectivity index (χ1) is 8.69. The minimum Gasteiger partial charge on any atom is -0.374 e. The molecule has 18 heavy (non-hydrogen) atoms. The number of nitrogens with two attached hydrogens (primary N) is 1. The molecule has 2 N–H and O–H groups in total. The molecule has 0 aromatic rings. The predicted octanol–water partition coefficient (Wildman–Crippen LogP) is -0.245. The summed E-state index contributed by atoms with van der Waals surface area (Å²) in [5.41, 5.74) is 5.67. The van der Waals surface area contributed by atoms with Crippen molar-refractivity contribution >= 4 is 0 Å². The van der Waals surface area contributed by atoms with E-state index in [4.69, 9.17) is 15.2 Å². The van der Waals surface area contributed by atoms with Gasteiger partial charge in [-0.05, 0) is 13.8 Å². The third kappa shape index (κ3) is 3.90. The number of ether oxygens (including phenoxy) is 2. The van der Waals surface area contributed by atoms with Crippen LogP contribution < -0.4 is 5.73 Å². The minimum absolute atomic E-state index is 0.198. The van der Waals surface area contributed by atoms with E-state index >= 15 is 0 Å². The fraction of sp³-hybridized carbons (Fsp3) is 1.00. The Bertz CT molecular complexity index is 250. The van der Waals surface area contributed by atoms with Crippen molar-refractivity contribution in [3.8, 4) is 0 Å². The van der Waals surface area contributed by atoms with E-state index in [1.54, 1.807) is 0 Å². The van der Waals surface area contributed by atoms with Crippen LogP contribution in [0.25, 0.3) is 0 Å². The van der Waals surface area contributed by atoms with E-state index < -0.39 is 0 Å². The van der Waals surface area contributed by atoms with Gasteiger partial charge >= 0.3 is 0 Å². The van der Waals surface area contributed by atoms with Crippen molar-refractivity contribution in [3.05, 3.63) is 0 Å². The van der Waals surface area contributed by atoms with Crippen LogP contribution in [0.15, 0.2) is 0 Å². The van der Waals surface area contributed by atoms with Gasteiger partial charge in [0.25, 0.3) is 0 Å². The SMILES string of the molecule is CC(C)N1CCOC(CN2CCOC(CN)C2)C1. The van der Waals surface area contributed by atoms with Gasteiger partial charge < -0.3 is 15.2 Å². The largest absolute Gasteiger partial charge is 0.374 e. The van der Waals surface area contributed by atoms with Crippen molar-refractivity contribution in [2.24, 2.45) is 5.73 Å². The van der Waals surface area contributed by atoms with E-state index in [1.807, 2.05) is 0 Å². The number of hydrogen-bond acceptors (Lipinski definition) is 5. The third-order valence-electron chi connectivity index (χ3n) is 3.85. The fourth-order valence-electron chi connectivity index (χ4n) is 2.70. The van der Waals surface area contributed by atoms with Gasteiger partial charge in [-0.15, -0.1) is 0 Å². The van der Waals surface area contributed by atoms with Gasteiger partial charge in [-0.2, -0.15) is 0 Å². The topological polar surface area (TPSA) is 51.0 Å². The highest BCUT2D eigenvalue weighted by Gasteiger charge is 2.26. The van der Waals surface area contributed by atoms with E-state index in [0.717, 1.165) is 45.9 Å². The standard InChI is InChI=1S/C13H27N3O2/c1-11(2)16-4-6-18-13(10-16)9-15-3-5-17-12(7-14)8-15/h11-13H,3-10,14H2,1-2H3. The molecule has 2 rings (SSSR count). The fourth-order valence-corrected chi connectivity index (χ4v) is 2.70. The summed E-state index contributed by atoms with van der Waals surface area (Å²) in [5, 5.41) is 0. The summed E-state index contributed by atoms with van der Waals surface area (Å²) in [7, 11) is 0. The Morgan fingerprint density at radius 1 is 1.11 bits per heavy atom. The van der Waals surface area contributed by atoms with Crippen molar-refractivity contribution in [3.63, 3.8) is 0 Å². The second-order valence-corrected chi connectivity index (χ2v) is 5.57. The van der Waals surface area contributed by atoms with Gasteiger partial charge in [-0.1, -0.05) is 0 Å². The van der Waals surface area contributed by atoms with E-state index in [1.165, 1.54) is 0 Å². The first-order valence-electron chi connectivity index (χ1n) is 7.08. The normalized spacial score (nSPS) is 32.0. The Morgan fingerprint density at radius 2 is 1.83 bits per heavy atom. The van der Waals surface area contributed by atoms with Crippen LogP contribution >= 0.6 is 0 Å². The molecule has 2 fully saturated rings. The van der Waals surface area contributed by atoms with Crippen molar-refractivity contribution in [1.82, 2.24) is 9.80 Å². The quantitative estimate of drug-likeness (QED) is 0.753. The molecule has 0 saturated carbocycles. The van der Waals surface area contributed by atoms with Gasteiger partial charge in [0, 0.05) is 45.3 Å². The molecule has 0 bridgehead atoms. The molecular formula is C13H27N3O2.